The third kappa shape index (κ3) is 5.48. The van der Waals surface area contributed by atoms with Gasteiger partial charge in [-0.05, 0) is 17.7 Å². The Morgan fingerprint density at radius 2 is 1.80 bits per heavy atom. The summed E-state index contributed by atoms with van der Waals surface area (Å²) >= 11 is 2.16. The Morgan fingerprint density at radius 1 is 1.20 bits per heavy atom. The fourth-order valence-corrected chi connectivity index (χ4v) is 1.69. The van der Waals surface area contributed by atoms with E-state index in [1.54, 1.807) is 0 Å². The molecule has 0 saturated heterocycles. The van der Waals surface area contributed by atoms with Gasteiger partial charge in [0.2, 0.25) is 5.91 Å². The Morgan fingerprint density at radius 3 is 2.30 bits per heavy atom. The van der Waals surface area contributed by atoms with Crippen molar-refractivity contribution >= 4 is 40.2 Å². The monoisotopic (exact) mass is 389 g/mol. The number of amides is 1. The number of rotatable bonds is 6. The highest BCUT2D eigenvalue weighted by atomic mass is 127. The summed E-state index contributed by atoms with van der Waals surface area (Å²) in [6.07, 6.45) is 0. The van der Waals surface area contributed by atoms with E-state index in [-0.39, 0.29) is 30.3 Å². The van der Waals surface area contributed by atoms with Crippen LogP contribution in [-0.4, -0.2) is 16.3 Å². The second-order valence-corrected chi connectivity index (χ2v) is 5.88. The Balaban J connectivity index is 2.51. The molecule has 1 atom stereocenters. The molecule has 4 nitrogen and oxygen atoms in total. The highest BCUT2D eigenvalue weighted by Crippen LogP contribution is 2.13. The van der Waals surface area contributed by atoms with Gasteiger partial charge in [0.25, 0.3) is 0 Å². The maximum atomic E-state index is 11.6. The summed E-state index contributed by atoms with van der Waals surface area (Å²) in [6.45, 7) is 5.80. The number of hydrogen-bond donors (Lipinski definition) is 1. The first-order valence-corrected chi connectivity index (χ1v) is 8.09. The number of carbonyl (C=O) groups excluding carboxylic acids is 2. The molecule has 0 fully saturated rings. The molecular formula is C15H20INO3. The van der Waals surface area contributed by atoms with Crippen LogP contribution in [-0.2, 0) is 20.9 Å². The van der Waals surface area contributed by atoms with Crippen molar-refractivity contribution in [3.8, 4) is 0 Å². The first-order valence-electron chi connectivity index (χ1n) is 6.56. The third-order valence-electron chi connectivity index (χ3n) is 2.76. The summed E-state index contributed by atoms with van der Waals surface area (Å²) in [5.41, 5.74) is 1.65. The van der Waals surface area contributed by atoms with Gasteiger partial charge in [-0.1, -0.05) is 55.5 Å². The summed E-state index contributed by atoms with van der Waals surface area (Å²) in [7, 11) is 0. The van der Waals surface area contributed by atoms with Crippen LogP contribution >= 0.6 is 22.6 Å². The van der Waals surface area contributed by atoms with E-state index in [1.807, 2.05) is 45.0 Å². The molecule has 0 aliphatic carbocycles. The summed E-state index contributed by atoms with van der Waals surface area (Å²) in [5.74, 6) is -0.331. The largest absolute Gasteiger partial charge is 0.461 e. The van der Waals surface area contributed by atoms with Gasteiger partial charge in [0.05, 0.1) is 5.92 Å². The number of anilines is 1. The van der Waals surface area contributed by atoms with Gasteiger partial charge in [0.15, 0.2) is 0 Å². The predicted molar refractivity (Wildman–Crippen MR) is 87.8 cm³/mol. The Bertz CT molecular complexity index is 457. The smallest absolute Gasteiger partial charge is 0.309 e. The molecule has 1 amide bonds. The van der Waals surface area contributed by atoms with Crippen LogP contribution in [0.4, 0.5) is 5.69 Å². The van der Waals surface area contributed by atoms with Gasteiger partial charge in [0.1, 0.15) is 6.61 Å². The van der Waals surface area contributed by atoms with E-state index < -0.39 is 0 Å². The van der Waals surface area contributed by atoms with Crippen LogP contribution in [0, 0.1) is 11.8 Å². The zero-order valence-electron chi connectivity index (χ0n) is 12.0. The van der Waals surface area contributed by atoms with Crippen molar-refractivity contribution in [2.75, 3.05) is 9.74 Å². The second-order valence-electron chi connectivity index (χ2n) is 5.00. The van der Waals surface area contributed by atoms with Crippen molar-refractivity contribution in [2.24, 2.45) is 11.8 Å². The molecule has 0 radical (unpaired) electrons. The minimum Gasteiger partial charge on any atom is -0.461 e. The Hall–Kier alpha value is -1.11. The molecule has 0 heterocycles. The molecule has 20 heavy (non-hydrogen) atoms. The molecule has 0 spiro atoms. The number of halogens is 1. The highest BCUT2D eigenvalue weighted by Gasteiger charge is 2.12. The van der Waals surface area contributed by atoms with Gasteiger partial charge in [0, 0.05) is 16.0 Å². The molecule has 5 heteroatoms. The zero-order valence-corrected chi connectivity index (χ0v) is 14.1. The molecule has 110 valence electrons. The highest BCUT2D eigenvalue weighted by molar-refractivity contribution is 14.1. The lowest BCUT2D eigenvalue weighted by atomic mass is 10.2. The molecule has 1 aromatic carbocycles. The van der Waals surface area contributed by atoms with Gasteiger partial charge in [-0.15, -0.1) is 0 Å². The number of nitrogens with one attached hydrogen (secondary N) is 1. The Kier molecular flexibility index (Phi) is 6.98. The number of ether oxygens (including phenoxy) is 1. The quantitative estimate of drug-likeness (QED) is 0.461. The normalized spacial score (nSPS) is 12.1. The van der Waals surface area contributed by atoms with Gasteiger partial charge >= 0.3 is 5.97 Å². The molecular weight excluding hydrogens is 369 g/mol. The van der Waals surface area contributed by atoms with E-state index in [9.17, 15) is 9.59 Å². The standard InChI is InChI=1S/C15H20INO3/c1-10(2)14(18)17-13-6-4-12(5-7-13)9-20-15(19)11(3)8-16/h4-7,10-11H,8-9H2,1-3H3,(H,17,18)/t11-/m1/s1. The van der Waals surface area contributed by atoms with Gasteiger partial charge in [-0.2, -0.15) is 0 Å². The van der Waals surface area contributed by atoms with Crippen molar-refractivity contribution in [2.45, 2.75) is 27.4 Å². The minimum atomic E-state index is -0.184. The summed E-state index contributed by atoms with van der Waals surface area (Å²) < 4.78 is 5.96. The fraction of sp³-hybridized carbons (Fsp3) is 0.467. The van der Waals surface area contributed by atoms with Crippen LogP contribution in [0.15, 0.2) is 24.3 Å². The maximum Gasteiger partial charge on any atom is 0.309 e. The summed E-state index contributed by atoms with van der Waals surface area (Å²) in [5, 5.41) is 2.81. The molecule has 0 aliphatic rings. The van der Waals surface area contributed by atoms with E-state index in [0.717, 1.165) is 15.7 Å². The van der Waals surface area contributed by atoms with Crippen molar-refractivity contribution in [3.05, 3.63) is 29.8 Å². The first kappa shape index (κ1) is 16.9. The van der Waals surface area contributed by atoms with E-state index in [1.165, 1.54) is 0 Å². The van der Waals surface area contributed by atoms with Crippen molar-refractivity contribution in [1.29, 1.82) is 0 Å². The van der Waals surface area contributed by atoms with Crippen molar-refractivity contribution in [1.82, 2.24) is 0 Å². The van der Waals surface area contributed by atoms with E-state index in [0.29, 0.717) is 0 Å². The van der Waals surface area contributed by atoms with Crippen LogP contribution in [0.5, 0.6) is 0 Å². The fourth-order valence-electron chi connectivity index (χ4n) is 1.33. The van der Waals surface area contributed by atoms with Gasteiger partial charge < -0.3 is 10.1 Å². The van der Waals surface area contributed by atoms with E-state index in [4.69, 9.17) is 4.74 Å². The number of benzene rings is 1. The van der Waals surface area contributed by atoms with Crippen LogP contribution in [0.2, 0.25) is 0 Å². The van der Waals surface area contributed by atoms with Crippen molar-refractivity contribution in [3.63, 3.8) is 0 Å². The second kappa shape index (κ2) is 8.24. The summed E-state index contributed by atoms with van der Waals surface area (Å²) in [6, 6.07) is 7.31. The molecule has 1 aromatic rings. The molecule has 1 rings (SSSR count). The molecule has 0 saturated carbocycles. The minimum absolute atomic E-state index is 0.0138. The third-order valence-corrected chi connectivity index (χ3v) is 4.08. The zero-order chi connectivity index (χ0) is 15.1. The number of hydrogen-bond acceptors (Lipinski definition) is 3. The van der Waals surface area contributed by atoms with Crippen molar-refractivity contribution < 1.29 is 14.3 Å². The molecule has 0 bridgehead atoms. The lowest BCUT2D eigenvalue weighted by Gasteiger charge is -2.10. The van der Waals surface area contributed by atoms with Gasteiger partial charge in [-0.25, -0.2) is 0 Å². The topological polar surface area (TPSA) is 55.4 Å². The van der Waals surface area contributed by atoms with E-state index in [2.05, 4.69) is 27.9 Å². The lowest BCUT2D eigenvalue weighted by molar-refractivity contribution is -0.148. The van der Waals surface area contributed by atoms with E-state index >= 15 is 0 Å². The van der Waals surface area contributed by atoms with Gasteiger partial charge in [-0.3, -0.25) is 9.59 Å². The molecule has 0 aliphatic heterocycles. The maximum absolute atomic E-state index is 11.6. The molecule has 0 unspecified atom stereocenters. The number of esters is 1. The lowest BCUT2D eigenvalue weighted by Crippen LogP contribution is -2.17. The molecule has 1 N–H and O–H groups in total. The van der Waals surface area contributed by atoms with Crippen LogP contribution in [0.3, 0.4) is 0 Å². The first-order chi connectivity index (χ1) is 9.43. The SMILES string of the molecule is CC(C)C(=O)Nc1ccc(COC(=O)[C@H](C)CI)cc1. The summed E-state index contributed by atoms with van der Waals surface area (Å²) in [4.78, 5) is 23.1. The van der Waals surface area contributed by atoms with Crippen LogP contribution < -0.4 is 5.32 Å². The number of alkyl halides is 1. The van der Waals surface area contributed by atoms with Crippen LogP contribution in [0.25, 0.3) is 0 Å². The average Bonchev–Trinajstić information content (AvgIpc) is 2.45. The Labute approximate surface area is 133 Å². The predicted octanol–water partition coefficient (Wildman–Crippen LogP) is 3.40. The molecule has 0 aromatic heterocycles. The average molecular weight is 389 g/mol. The number of carbonyl (C=O) groups is 2. The van der Waals surface area contributed by atoms with Crippen LogP contribution in [0.1, 0.15) is 26.3 Å².